The Morgan fingerprint density at radius 1 is 1.40 bits per heavy atom. The monoisotopic (exact) mass is 233 g/mol. The summed E-state index contributed by atoms with van der Waals surface area (Å²) in [7, 11) is -2.06. The molecule has 1 N–H and O–H groups in total. The molecule has 1 atom stereocenters. The summed E-state index contributed by atoms with van der Waals surface area (Å²) in [4.78, 5) is -0.372. The minimum Gasteiger partial charge on any atom is -0.312 e. The molecule has 0 aliphatic carbocycles. The lowest BCUT2D eigenvalue weighted by molar-refractivity contribution is 0.547. The first-order chi connectivity index (χ1) is 6.95. The van der Waals surface area contributed by atoms with Gasteiger partial charge in [-0.25, -0.2) is 17.2 Å². The van der Waals surface area contributed by atoms with Crippen LogP contribution in [-0.4, -0.2) is 21.2 Å². The molecule has 0 saturated carbocycles. The second-order valence-corrected chi connectivity index (χ2v) is 5.40. The molecule has 0 saturated heterocycles. The minimum atomic E-state index is -3.62. The van der Waals surface area contributed by atoms with Crippen molar-refractivity contribution >= 4 is 9.84 Å². The van der Waals surface area contributed by atoms with Crippen LogP contribution in [0.1, 0.15) is 11.6 Å². The molecule has 0 bridgehead atoms. The molecule has 0 radical (unpaired) electrons. The van der Waals surface area contributed by atoms with Crippen molar-refractivity contribution in [1.29, 1.82) is 0 Å². The maximum Gasteiger partial charge on any atom is 0.183 e. The zero-order valence-corrected chi connectivity index (χ0v) is 8.74. The van der Waals surface area contributed by atoms with Gasteiger partial charge in [0, 0.05) is 12.1 Å². The Morgan fingerprint density at radius 2 is 2.07 bits per heavy atom. The van der Waals surface area contributed by atoms with Crippen molar-refractivity contribution in [2.45, 2.75) is 10.9 Å². The van der Waals surface area contributed by atoms with Gasteiger partial charge in [0.25, 0.3) is 0 Å². The molecule has 82 valence electrons. The molecule has 0 aromatic heterocycles. The maximum absolute atomic E-state index is 13.3. The van der Waals surface area contributed by atoms with Crippen LogP contribution in [-0.2, 0) is 9.84 Å². The Labute approximate surface area is 86.0 Å². The Bertz CT molecular complexity index is 513. The second-order valence-electron chi connectivity index (χ2n) is 3.43. The van der Waals surface area contributed by atoms with Crippen LogP contribution in [0.3, 0.4) is 0 Å². The molecule has 1 aromatic rings. The highest BCUT2D eigenvalue weighted by atomic mass is 32.2. The minimum absolute atomic E-state index is 0.176. The largest absolute Gasteiger partial charge is 0.312 e. The van der Waals surface area contributed by atoms with Crippen molar-refractivity contribution in [3.63, 3.8) is 0 Å². The molecule has 1 aliphatic rings. The van der Waals surface area contributed by atoms with Crippen molar-refractivity contribution in [1.82, 2.24) is 5.32 Å². The summed E-state index contributed by atoms with van der Waals surface area (Å²) in [6.07, 6.45) is 0. The number of fused-ring (bicyclic) bond motifs is 1. The summed E-state index contributed by atoms with van der Waals surface area (Å²) >= 11 is 0. The van der Waals surface area contributed by atoms with Gasteiger partial charge >= 0.3 is 0 Å². The van der Waals surface area contributed by atoms with Gasteiger partial charge in [0.05, 0.1) is 5.75 Å². The number of halogens is 2. The molecule has 1 unspecified atom stereocenters. The van der Waals surface area contributed by atoms with Crippen molar-refractivity contribution in [2.24, 2.45) is 0 Å². The van der Waals surface area contributed by atoms with Crippen LogP contribution in [0.4, 0.5) is 8.78 Å². The first-order valence-electron chi connectivity index (χ1n) is 4.34. The summed E-state index contributed by atoms with van der Waals surface area (Å²) in [5, 5.41) is 2.72. The Hall–Kier alpha value is -1.01. The molecule has 1 aliphatic heterocycles. The van der Waals surface area contributed by atoms with E-state index in [0.29, 0.717) is 6.07 Å². The quantitative estimate of drug-likeness (QED) is 0.736. The van der Waals surface area contributed by atoms with E-state index in [1.54, 1.807) is 7.05 Å². The summed E-state index contributed by atoms with van der Waals surface area (Å²) in [5.41, 5.74) is 0.176. The number of benzene rings is 1. The second kappa shape index (κ2) is 3.24. The van der Waals surface area contributed by atoms with Crippen LogP contribution >= 0.6 is 0 Å². The average molecular weight is 233 g/mol. The Balaban J connectivity index is 2.75. The van der Waals surface area contributed by atoms with Gasteiger partial charge in [0.2, 0.25) is 0 Å². The average Bonchev–Trinajstić information content (AvgIpc) is 2.37. The fraction of sp³-hybridized carbons (Fsp3) is 0.333. The van der Waals surface area contributed by atoms with Crippen molar-refractivity contribution < 1.29 is 17.2 Å². The first-order valence-corrected chi connectivity index (χ1v) is 6.00. The van der Waals surface area contributed by atoms with Gasteiger partial charge in [0.15, 0.2) is 9.84 Å². The van der Waals surface area contributed by atoms with E-state index in [9.17, 15) is 17.2 Å². The summed E-state index contributed by atoms with van der Waals surface area (Å²) < 4.78 is 49.3. The molecule has 0 amide bonds. The Morgan fingerprint density at radius 3 is 2.67 bits per heavy atom. The van der Waals surface area contributed by atoms with E-state index in [2.05, 4.69) is 5.32 Å². The topological polar surface area (TPSA) is 46.2 Å². The molecule has 15 heavy (non-hydrogen) atoms. The van der Waals surface area contributed by atoms with Gasteiger partial charge in [0.1, 0.15) is 16.5 Å². The zero-order chi connectivity index (χ0) is 11.2. The molecule has 0 spiro atoms. The zero-order valence-electron chi connectivity index (χ0n) is 7.92. The van der Waals surface area contributed by atoms with Crippen molar-refractivity contribution in [3.05, 3.63) is 29.3 Å². The number of rotatable bonds is 1. The fourth-order valence-corrected chi connectivity index (χ4v) is 3.67. The van der Waals surface area contributed by atoms with E-state index in [1.165, 1.54) is 0 Å². The third-order valence-electron chi connectivity index (χ3n) is 2.46. The lowest BCUT2D eigenvalue weighted by Crippen LogP contribution is -2.17. The third kappa shape index (κ3) is 1.53. The molecule has 6 heteroatoms. The smallest absolute Gasteiger partial charge is 0.183 e. The molecular weight excluding hydrogens is 224 g/mol. The van der Waals surface area contributed by atoms with Crippen molar-refractivity contribution in [2.75, 3.05) is 12.8 Å². The molecule has 3 nitrogen and oxygen atoms in total. The van der Waals surface area contributed by atoms with Gasteiger partial charge in [-0.1, -0.05) is 0 Å². The van der Waals surface area contributed by atoms with E-state index in [-0.39, 0.29) is 16.2 Å². The molecule has 0 fully saturated rings. The highest BCUT2D eigenvalue weighted by Crippen LogP contribution is 2.35. The number of hydrogen-bond donors (Lipinski definition) is 1. The third-order valence-corrected chi connectivity index (χ3v) is 4.28. The lowest BCUT2D eigenvalue weighted by atomic mass is 10.1. The molecule has 2 rings (SSSR count). The van der Waals surface area contributed by atoms with Gasteiger partial charge < -0.3 is 5.32 Å². The lowest BCUT2D eigenvalue weighted by Gasteiger charge is -2.07. The molecular formula is C9H9F2NO2S. The van der Waals surface area contributed by atoms with Gasteiger partial charge in [-0.15, -0.1) is 0 Å². The molecule has 1 heterocycles. The maximum atomic E-state index is 13.3. The number of hydrogen-bond acceptors (Lipinski definition) is 3. The van der Waals surface area contributed by atoms with Crippen LogP contribution in [0, 0.1) is 11.6 Å². The van der Waals surface area contributed by atoms with Crippen LogP contribution in [0.5, 0.6) is 0 Å². The van der Waals surface area contributed by atoms with Gasteiger partial charge in [-0.05, 0) is 18.7 Å². The standard InChI is InChI=1S/C9H9F2NO2S/c1-12-8-4-15(13,14)9-6(8)2-5(10)3-7(9)11/h2-3,8,12H,4H2,1H3. The van der Waals surface area contributed by atoms with Gasteiger partial charge in [-0.2, -0.15) is 0 Å². The highest BCUT2D eigenvalue weighted by molar-refractivity contribution is 7.91. The predicted octanol–water partition coefficient (Wildman–Crippen LogP) is 1.01. The summed E-state index contributed by atoms with van der Waals surface area (Å²) in [6, 6.07) is 1.12. The van der Waals surface area contributed by atoms with E-state index in [1.807, 2.05) is 0 Å². The van der Waals surface area contributed by atoms with Gasteiger partial charge in [-0.3, -0.25) is 0 Å². The van der Waals surface area contributed by atoms with Crippen LogP contribution < -0.4 is 5.32 Å². The van der Waals surface area contributed by atoms with E-state index in [4.69, 9.17) is 0 Å². The number of nitrogens with one attached hydrogen (secondary N) is 1. The summed E-state index contributed by atoms with van der Waals surface area (Å²) in [5.74, 6) is -1.99. The van der Waals surface area contributed by atoms with E-state index >= 15 is 0 Å². The highest BCUT2D eigenvalue weighted by Gasteiger charge is 2.37. The normalized spacial score (nSPS) is 22.7. The Kier molecular flexibility index (Phi) is 2.27. The van der Waals surface area contributed by atoms with E-state index in [0.717, 1.165) is 6.07 Å². The van der Waals surface area contributed by atoms with E-state index < -0.39 is 27.5 Å². The predicted molar refractivity (Wildman–Crippen MR) is 50.2 cm³/mol. The SMILES string of the molecule is CNC1CS(=O)(=O)c2c(F)cc(F)cc21. The molecule has 1 aromatic carbocycles. The van der Waals surface area contributed by atoms with Crippen LogP contribution in [0.2, 0.25) is 0 Å². The fourth-order valence-electron chi connectivity index (χ4n) is 1.80. The van der Waals surface area contributed by atoms with Crippen molar-refractivity contribution in [3.8, 4) is 0 Å². The number of sulfone groups is 1. The summed E-state index contributed by atoms with van der Waals surface area (Å²) in [6.45, 7) is 0. The first kappa shape index (κ1) is 10.5. The van der Waals surface area contributed by atoms with Crippen LogP contribution in [0.15, 0.2) is 17.0 Å². The van der Waals surface area contributed by atoms with Crippen LogP contribution in [0.25, 0.3) is 0 Å².